The molecular formula is C15H24ClN3. The number of aromatic nitrogens is 2. The van der Waals surface area contributed by atoms with Gasteiger partial charge in [-0.25, -0.2) is 9.97 Å². The minimum absolute atomic E-state index is 0.609. The van der Waals surface area contributed by atoms with Crippen molar-refractivity contribution in [2.45, 2.75) is 52.9 Å². The third-order valence-corrected chi connectivity index (χ3v) is 4.40. The molecule has 0 saturated carbocycles. The molecule has 0 N–H and O–H groups in total. The average Bonchev–Trinajstić information content (AvgIpc) is 2.43. The predicted molar refractivity (Wildman–Crippen MR) is 81.0 cm³/mol. The highest BCUT2D eigenvalue weighted by Crippen LogP contribution is 2.29. The molecule has 0 atom stereocenters. The van der Waals surface area contributed by atoms with Crippen molar-refractivity contribution in [3.63, 3.8) is 0 Å². The Morgan fingerprint density at radius 2 is 1.89 bits per heavy atom. The molecule has 0 unspecified atom stereocenters. The molecule has 0 aromatic carbocycles. The summed E-state index contributed by atoms with van der Waals surface area (Å²) < 4.78 is 0. The summed E-state index contributed by atoms with van der Waals surface area (Å²) in [7, 11) is 0. The van der Waals surface area contributed by atoms with Crippen LogP contribution in [-0.2, 0) is 6.42 Å². The van der Waals surface area contributed by atoms with Gasteiger partial charge < -0.3 is 4.90 Å². The molecule has 1 aliphatic rings. The average molecular weight is 282 g/mol. The molecule has 0 radical (unpaired) electrons. The van der Waals surface area contributed by atoms with Crippen LogP contribution in [-0.4, -0.2) is 23.1 Å². The largest absolute Gasteiger partial charge is 0.356 e. The summed E-state index contributed by atoms with van der Waals surface area (Å²) in [5.41, 5.74) is 1.02. The summed E-state index contributed by atoms with van der Waals surface area (Å²) in [6.07, 6.45) is 6.03. The molecule has 1 aliphatic heterocycles. The van der Waals surface area contributed by atoms with Gasteiger partial charge in [0, 0.05) is 25.1 Å². The summed E-state index contributed by atoms with van der Waals surface area (Å²) in [4.78, 5) is 11.4. The summed E-state index contributed by atoms with van der Waals surface area (Å²) in [6.45, 7) is 8.56. The van der Waals surface area contributed by atoms with Gasteiger partial charge in [-0.3, -0.25) is 0 Å². The Labute approximate surface area is 121 Å². The van der Waals surface area contributed by atoms with E-state index < -0.39 is 0 Å². The molecule has 1 fully saturated rings. The van der Waals surface area contributed by atoms with Crippen LogP contribution in [0.1, 0.15) is 50.9 Å². The zero-order valence-corrected chi connectivity index (χ0v) is 13.0. The van der Waals surface area contributed by atoms with Crippen LogP contribution in [0.25, 0.3) is 0 Å². The molecule has 106 valence electrons. The Morgan fingerprint density at radius 3 is 2.47 bits per heavy atom. The molecule has 2 heterocycles. The van der Waals surface area contributed by atoms with E-state index in [2.05, 4.69) is 28.7 Å². The quantitative estimate of drug-likeness (QED) is 0.781. The molecular weight excluding hydrogens is 258 g/mol. The molecule has 19 heavy (non-hydrogen) atoms. The van der Waals surface area contributed by atoms with Crippen LogP contribution in [0.3, 0.4) is 0 Å². The van der Waals surface area contributed by atoms with Crippen LogP contribution < -0.4 is 4.90 Å². The summed E-state index contributed by atoms with van der Waals surface area (Å²) in [5.74, 6) is 2.79. The minimum Gasteiger partial charge on any atom is -0.356 e. The fraction of sp³-hybridized carbons (Fsp3) is 0.733. The van der Waals surface area contributed by atoms with Gasteiger partial charge in [-0.05, 0) is 25.7 Å². The second-order valence-corrected chi connectivity index (χ2v) is 5.81. The zero-order chi connectivity index (χ0) is 13.8. The van der Waals surface area contributed by atoms with E-state index in [-0.39, 0.29) is 0 Å². The van der Waals surface area contributed by atoms with Crippen molar-refractivity contribution in [3.8, 4) is 0 Å². The Morgan fingerprint density at radius 1 is 1.21 bits per heavy atom. The fourth-order valence-electron chi connectivity index (χ4n) is 2.83. The Kier molecular flexibility index (Phi) is 5.03. The Bertz CT molecular complexity index is 426. The molecule has 1 aromatic heterocycles. The van der Waals surface area contributed by atoms with E-state index >= 15 is 0 Å². The standard InChI is InChI=1S/C15H24ClN3/c1-4-6-12-7-9-19(10-8-12)15-11(3)14(16)17-13(5-2)18-15/h12H,4-10H2,1-3H3. The van der Waals surface area contributed by atoms with E-state index in [4.69, 9.17) is 11.6 Å². The van der Waals surface area contributed by atoms with E-state index in [0.717, 1.165) is 42.6 Å². The first-order valence-corrected chi connectivity index (χ1v) is 7.81. The number of anilines is 1. The first-order chi connectivity index (χ1) is 9.15. The van der Waals surface area contributed by atoms with Crippen molar-refractivity contribution in [2.24, 2.45) is 5.92 Å². The van der Waals surface area contributed by atoms with Crippen molar-refractivity contribution < 1.29 is 0 Å². The highest BCUT2D eigenvalue weighted by atomic mass is 35.5. The number of halogens is 1. The molecule has 0 aliphatic carbocycles. The number of nitrogens with zero attached hydrogens (tertiary/aromatic N) is 3. The van der Waals surface area contributed by atoms with Crippen molar-refractivity contribution in [1.82, 2.24) is 9.97 Å². The van der Waals surface area contributed by atoms with E-state index in [1.165, 1.54) is 25.7 Å². The van der Waals surface area contributed by atoms with Crippen LogP contribution in [0, 0.1) is 12.8 Å². The van der Waals surface area contributed by atoms with Crippen LogP contribution in [0.2, 0.25) is 5.15 Å². The maximum atomic E-state index is 6.22. The van der Waals surface area contributed by atoms with Gasteiger partial charge in [-0.15, -0.1) is 0 Å². The smallest absolute Gasteiger partial charge is 0.137 e. The van der Waals surface area contributed by atoms with Gasteiger partial charge in [0.2, 0.25) is 0 Å². The Hall–Kier alpha value is -0.830. The lowest BCUT2D eigenvalue weighted by atomic mass is 9.92. The number of rotatable bonds is 4. The van der Waals surface area contributed by atoms with Crippen molar-refractivity contribution in [3.05, 3.63) is 16.5 Å². The number of aryl methyl sites for hydroxylation is 1. The predicted octanol–water partition coefficient (Wildman–Crippen LogP) is 4.02. The third-order valence-electron chi connectivity index (χ3n) is 4.03. The van der Waals surface area contributed by atoms with Gasteiger partial charge in [0.1, 0.15) is 16.8 Å². The van der Waals surface area contributed by atoms with E-state index in [1.807, 2.05) is 6.92 Å². The van der Waals surface area contributed by atoms with Gasteiger partial charge in [-0.2, -0.15) is 0 Å². The maximum Gasteiger partial charge on any atom is 0.137 e. The molecule has 0 amide bonds. The van der Waals surface area contributed by atoms with Crippen molar-refractivity contribution in [1.29, 1.82) is 0 Å². The lowest BCUT2D eigenvalue weighted by Crippen LogP contribution is -2.35. The van der Waals surface area contributed by atoms with Crippen LogP contribution in [0.15, 0.2) is 0 Å². The highest BCUT2D eigenvalue weighted by molar-refractivity contribution is 6.30. The topological polar surface area (TPSA) is 29.0 Å². The molecule has 1 aromatic rings. The van der Waals surface area contributed by atoms with Gasteiger partial charge in [0.15, 0.2) is 0 Å². The Balaban J connectivity index is 2.12. The number of hydrogen-bond donors (Lipinski definition) is 0. The normalized spacial score (nSPS) is 16.9. The lowest BCUT2D eigenvalue weighted by molar-refractivity contribution is 0.377. The molecule has 0 spiro atoms. The lowest BCUT2D eigenvalue weighted by Gasteiger charge is -2.33. The molecule has 2 rings (SSSR count). The zero-order valence-electron chi connectivity index (χ0n) is 12.2. The SMILES string of the molecule is CCCC1CCN(c2nc(CC)nc(Cl)c2C)CC1. The summed E-state index contributed by atoms with van der Waals surface area (Å²) in [5, 5.41) is 0.609. The fourth-order valence-corrected chi connectivity index (χ4v) is 3.01. The minimum atomic E-state index is 0.609. The summed E-state index contributed by atoms with van der Waals surface area (Å²) >= 11 is 6.22. The third kappa shape index (κ3) is 3.38. The maximum absolute atomic E-state index is 6.22. The van der Waals surface area contributed by atoms with Gasteiger partial charge >= 0.3 is 0 Å². The molecule has 3 nitrogen and oxygen atoms in total. The monoisotopic (exact) mass is 281 g/mol. The number of piperidine rings is 1. The molecule has 4 heteroatoms. The van der Waals surface area contributed by atoms with Crippen LogP contribution in [0.5, 0.6) is 0 Å². The number of hydrogen-bond acceptors (Lipinski definition) is 3. The first-order valence-electron chi connectivity index (χ1n) is 7.43. The van der Waals surface area contributed by atoms with Crippen molar-refractivity contribution >= 4 is 17.4 Å². The molecule has 0 bridgehead atoms. The second-order valence-electron chi connectivity index (χ2n) is 5.45. The highest BCUT2D eigenvalue weighted by Gasteiger charge is 2.22. The first kappa shape index (κ1) is 14.6. The van der Waals surface area contributed by atoms with Gasteiger partial charge in [0.05, 0.1) is 0 Å². The molecule has 1 saturated heterocycles. The van der Waals surface area contributed by atoms with Crippen molar-refractivity contribution in [2.75, 3.05) is 18.0 Å². The van der Waals surface area contributed by atoms with Crippen LogP contribution in [0.4, 0.5) is 5.82 Å². The summed E-state index contributed by atoms with van der Waals surface area (Å²) in [6, 6.07) is 0. The second kappa shape index (κ2) is 6.56. The van der Waals surface area contributed by atoms with E-state index in [0.29, 0.717) is 5.15 Å². The van der Waals surface area contributed by atoms with Gasteiger partial charge in [0.25, 0.3) is 0 Å². The van der Waals surface area contributed by atoms with Gasteiger partial charge in [-0.1, -0.05) is 38.3 Å². The van der Waals surface area contributed by atoms with Crippen LogP contribution >= 0.6 is 11.6 Å². The van der Waals surface area contributed by atoms with E-state index in [9.17, 15) is 0 Å². The van der Waals surface area contributed by atoms with E-state index in [1.54, 1.807) is 0 Å².